The van der Waals surface area contributed by atoms with Crippen LogP contribution in [0.3, 0.4) is 0 Å². The summed E-state index contributed by atoms with van der Waals surface area (Å²) in [5.74, 6) is 0. The van der Waals surface area contributed by atoms with E-state index in [1.165, 1.54) is 0 Å². The summed E-state index contributed by atoms with van der Waals surface area (Å²) in [6, 6.07) is 7.53. The van der Waals surface area contributed by atoms with Gasteiger partial charge in [0.25, 0.3) is 0 Å². The molecule has 2 N–H and O–H groups in total. The molecule has 0 unspecified atom stereocenters. The van der Waals surface area contributed by atoms with Crippen molar-refractivity contribution in [2.75, 3.05) is 0 Å². The molecule has 0 spiro atoms. The van der Waals surface area contributed by atoms with E-state index < -0.39 is 0 Å². The van der Waals surface area contributed by atoms with E-state index >= 15 is 0 Å². The Labute approximate surface area is 104 Å². The van der Waals surface area contributed by atoms with Gasteiger partial charge in [-0.3, -0.25) is 0 Å². The first-order chi connectivity index (χ1) is 7.58. The summed E-state index contributed by atoms with van der Waals surface area (Å²) in [5, 5.41) is 4.93. The molecule has 0 aliphatic heterocycles. The van der Waals surface area contributed by atoms with Crippen molar-refractivity contribution in [3.05, 3.63) is 46.7 Å². The third-order valence-electron chi connectivity index (χ3n) is 2.26. The van der Waals surface area contributed by atoms with Crippen LogP contribution in [0, 0.1) is 6.92 Å². The largest absolute Gasteiger partial charge is 0.389 e. The number of benzene rings is 1. The lowest BCUT2D eigenvalue weighted by molar-refractivity contribution is 0.862. The fourth-order valence-electron chi connectivity index (χ4n) is 1.35. The van der Waals surface area contributed by atoms with Crippen molar-refractivity contribution in [3.8, 4) is 5.69 Å². The molecule has 16 heavy (non-hydrogen) atoms. The summed E-state index contributed by atoms with van der Waals surface area (Å²) in [4.78, 5) is 0.390. The van der Waals surface area contributed by atoms with Crippen LogP contribution in [-0.2, 0) is 0 Å². The van der Waals surface area contributed by atoms with Crippen LogP contribution in [0.15, 0.2) is 30.5 Å². The van der Waals surface area contributed by atoms with Gasteiger partial charge in [0, 0.05) is 11.8 Å². The van der Waals surface area contributed by atoms with E-state index in [4.69, 9.17) is 29.6 Å². The molecule has 3 nitrogen and oxygen atoms in total. The molecule has 2 aromatic rings. The van der Waals surface area contributed by atoms with E-state index in [9.17, 15) is 0 Å². The molecule has 0 fully saturated rings. The molecule has 0 radical (unpaired) electrons. The predicted molar refractivity (Wildman–Crippen MR) is 69.2 cm³/mol. The first-order valence-electron chi connectivity index (χ1n) is 4.70. The Kier molecular flexibility index (Phi) is 2.94. The third kappa shape index (κ3) is 2.08. The van der Waals surface area contributed by atoms with Gasteiger partial charge in [-0.25, -0.2) is 4.68 Å². The van der Waals surface area contributed by atoms with E-state index in [1.54, 1.807) is 10.9 Å². The van der Waals surface area contributed by atoms with Gasteiger partial charge in [0.05, 0.1) is 16.4 Å². The van der Waals surface area contributed by atoms with Crippen molar-refractivity contribution in [1.82, 2.24) is 9.78 Å². The Morgan fingerprint density at radius 3 is 2.44 bits per heavy atom. The Bertz CT molecular complexity index is 511. The summed E-state index contributed by atoms with van der Waals surface area (Å²) in [5.41, 5.74) is 8.09. The van der Waals surface area contributed by atoms with Crippen molar-refractivity contribution in [2.45, 2.75) is 6.92 Å². The van der Waals surface area contributed by atoms with E-state index in [2.05, 4.69) is 5.10 Å². The normalized spacial score (nSPS) is 10.4. The third-order valence-corrected chi connectivity index (χ3v) is 2.86. The minimum absolute atomic E-state index is 0.390. The minimum Gasteiger partial charge on any atom is -0.389 e. The lowest BCUT2D eigenvalue weighted by Gasteiger charge is -2.02. The highest BCUT2D eigenvalue weighted by Crippen LogP contribution is 2.16. The van der Waals surface area contributed by atoms with Crippen molar-refractivity contribution in [2.24, 2.45) is 5.73 Å². The van der Waals surface area contributed by atoms with Gasteiger partial charge in [-0.1, -0.05) is 23.8 Å². The summed E-state index contributed by atoms with van der Waals surface area (Å²) in [6.45, 7) is 1.86. The van der Waals surface area contributed by atoms with Crippen LogP contribution in [-0.4, -0.2) is 14.8 Å². The van der Waals surface area contributed by atoms with Gasteiger partial charge in [0.1, 0.15) is 4.99 Å². The topological polar surface area (TPSA) is 43.8 Å². The smallest absolute Gasteiger partial charge is 0.103 e. The lowest BCUT2D eigenvalue weighted by atomic mass is 10.2. The Morgan fingerprint density at radius 2 is 2.00 bits per heavy atom. The zero-order chi connectivity index (χ0) is 11.7. The highest BCUT2D eigenvalue weighted by Gasteiger charge is 2.04. The van der Waals surface area contributed by atoms with Crippen LogP contribution in [0.5, 0.6) is 0 Å². The number of aryl methyl sites for hydroxylation is 1. The summed E-state index contributed by atoms with van der Waals surface area (Å²) in [6.07, 6.45) is 1.77. The minimum atomic E-state index is 0.390. The number of hydrogen-bond acceptors (Lipinski definition) is 2. The number of rotatable bonds is 2. The van der Waals surface area contributed by atoms with Crippen molar-refractivity contribution >= 4 is 28.8 Å². The molecule has 1 aromatic heterocycles. The zero-order valence-corrected chi connectivity index (χ0v) is 10.2. The molecule has 0 aliphatic carbocycles. The lowest BCUT2D eigenvalue weighted by Crippen LogP contribution is -2.09. The van der Waals surface area contributed by atoms with Crippen LogP contribution < -0.4 is 5.73 Å². The van der Waals surface area contributed by atoms with Crippen molar-refractivity contribution in [3.63, 3.8) is 0 Å². The average Bonchev–Trinajstić information content (AvgIpc) is 2.59. The highest BCUT2D eigenvalue weighted by atomic mass is 35.5. The van der Waals surface area contributed by atoms with E-state index in [0.29, 0.717) is 10.0 Å². The first-order valence-corrected chi connectivity index (χ1v) is 5.48. The number of halogens is 1. The molecular formula is C11H10ClN3S. The van der Waals surface area contributed by atoms with Gasteiger partial charge in [0.15, 0.2) is 0 Å². The van der Waals surface area contributed by atoms with E-state index in [-0.39, 0.29) is 0 Å². The molecule has 0 atom stereocenters. The molecule has 0 aliphatic rings. The second-order valence-corrected chi connectivity index (χ2v) is 4.27. The number of nitrogens with zero attached hydrogens (tertiary/aromatic N) is 2. The number of hydrogen-bond donors (Lipinski definition) is 1. The maximum Gasteiger partial charge on any atom is 0.103 e. The standard InChI is InChI=1S/C11H10ClN3S/c1-7-10(12)6-15(14-7)9-4-2-8(3-5-9)11(13)16/h2-6H,1H3,(H2,13,16). The number of aromatic nitrogens is 2. The molecule has 2 rings (SSSR count). The fourth-order valence-corrected chi connectivity index (χ4v) is 1.62. The van der Waals surface area contributed by atoms with Gasteiger partial charge in [-0.05, 0) is 31.2 Å². The van der Waals surface area contributed by atoms with Crippen LogP contribution in [0.1, 0.15) is 11.3 Å². The molecule has 5 heteroatoms. The fraction of sp³-hybridized carbons (Fsp3) is 0.0909. The number of thiocarbonyl (C=S) groups is 1. The van der Waals surface area contributed by atoms with E-state index in [0.717, 1.165) is 16.9 Å². The van der Waals surface area contributed by atoms with Crippen LogP contribution in [0.2, 0.25) is 5.02 Å². The summed E-state index contributed by atoms with van der Waals surface area (Å²) >= 11 is 10.8. The Hall–Kier alpha value is -1.39. The second kappa shape index (κ2) is 4.23. The van der Waals surface area contributed by atoms with Gasteiger partial charge >= 0.3 is 0 Å². The molecule has 0 amide bonds. The maximum absolute atomic E-state index is 5.94. The number of nitrogens with two attached hydrogens (primary N) is 1. The molecule has 0 bridgehead atoms. The molecule has 1 heterocycles. The van der Waals surface area contributed by atoms with Crippen molar-refractivity contribution in [1.29, 1.82) is 0 Å². The Balaban J connectivity index is 2.38. The Morgan fingerprint density at radius 1 is 1.38 bits per heavy atom. The zero-order valence-electron chi connectivity index (χ0n) is 8.64. The van der Waals surface area contributed by atoms with Gasteiger partial charge in [-0.2, -0.15) is 5.10 Å². The summed E-state index contributed by atoms with van der Waals surface area (Å²) in [7, 11) is 0. The summed E-state index contributed by atoms with van der Waals surface area (Å²) < 4.78 is 1.72. The molecule has 1 aromatic carbocycles. The van der Waals surface area contributed by atoms with E-state index in [1.807, 2.05) is 31.2 Å². The molecular weight excluding hydrogens is 242 g/mol. The second-order valence-electron chi connectivity index (χ2n) is 3.42. The predicted octanol–water partition coefficient (Wildman–Crippen LogP) is 2.47. The van der Waals surface area contributed by atoms with Gasteiger partial charge in [-0.15, -0.1) is 0 Å². The SMILES string of the molecule is Cc1nn(-c2ccc(C(N)=S)cc2)cc1Cl. The molecule has 0 saturated heterocycles. The maximum atomic E-state index is 5.94. The molecule has 82 valence electrons. The molecule has 0 saturated carbocycles. The van der Waals surface area contributed by atoms with Gasteiger partial charge < -0.3 is 5.73 Å². The van der Waals surface area contributed by atoms with Gasteiger partial charge in [0.2, 0.25) is 0 Å². The van der Waals surface area contributed by atoms with Crippen molar-refractivity contribution < 1.29 is 0 Å². The first kappa shape index (κ1) is 11.1. The van der Waals surface area contributed by atoms with Crippen LogP contribution >= 0.6 is 23.8 Å². The monoisotopic (exact) mass is 251 g/mol. The van der Waals surface area contributed by atoms with Crippen LogP contribution in [0.4, 0.5) is 0 Å². The average molecular weight is 252 g/mol. The highest BCUT2D eigenvalue weighted by molar-refractivity contribution is 7.80. The quantitative estimate of drug-likeness (QED) is 0.834. The van der Waals surface area contributed by atoms with Crippen LogP contribution in [0.25, 0.3) is 5.69 Å².